The maximum Gasteiger partial charge on any atom is 0.310 e. The number of rotatable bonds is 11. The Morgan fingerprint density at radius 3 is 2.67 bits per heavy atom. The zero-order valence-corrected chi connectivity index (χ0v) is 22.4. The highest BCUT2D eigenvalue weighted by molar-refractivity contribution is 9.09. The van der Waals surface area contributed by atoms with Crippen LogP contribution < -0.4 is 0 Å². The van der Waals surface area contributed by atoms with E-state index in [2.05, 4.69) is 29.4 Å². The first-order chi connectivity index (χ1) is 15.7. The molecule has 3 aliphatic rings. The maximum absolute atomic E-state index is 14.1. The molecule has 7 nitrogen and oxygen atoms in total. The number of halogens is 1. The van der Waals surface area contributed by atoms with E-state index in [0.29, 0.717) is 19.5 Å². The minimum atomic E-state index is -0.735. The molecule has 33 heavy (non-hydrogen) atoms. The molecule has 3 saturated heterocycles. The fraction of sp³-hybridized carbons (Fsp3) is 0.792. The number of ether oxygens (including phenoxy) is 1. The van der Waals surface area contributed by atoms with Crippen molar-refractivity contribution >= 4 is 45.5 Å². The summed E-state index contributed by atoms with van der Waals surface area (Å²) < 4.78 is 4.66. The Morgan fingerprint density at radius 1 is 1.42 bits per heavy atom. The van der Waals surface area contributed by atoms with Crippen LogP contribution in [0, 0.1) is 17.8 Å². The van der Waals surface area contributed by atoms with Crippen LogP contribution >= 0.6 is 27.7 Å². The second kappa shape index (κ2) is 10.7. The molecule has 0 aliphatic carbocycles. The number of hydrogen-bond acceptors (Lipinski definition) is 6. The largest absolute Gasteiger partial charge is 0.466 e. The Kier molecular flexibility index (Phi) is 8.60. The highest BCUT2D eigenvalue weighted by Crippen LogP contribution is 2.68. The van der Waals surface area contributed by atoms with Gasteiger partial charge in [-0.1, -0.05) is 49.2 Å². The second-order valence-corrected chi connectivity index (χ2v) is 12.3. The lowest BCUT2D eigenvalue weighted by Crippen LogP contribution is -2.58. The van der Waals surface area contributed by atoms with Crippen LogP contribution in [0.3, 0.4) is 0 Å². The van der Waals surface area contributed by atoms with E-state index in [-0.39, 0.29) is 47.0 Å². The Labute approximate surface area is 209 Å². The highest BCUT2D eigenvalue weighted by Gasteiger charge is 2.76. The monoisotopic (exact) mass is 544 g/mol. The summed E-state index contributed by atoms with van der Waals surface area (Å²) in [4.78, 5) is 44.6. The number of amides is 2. The summed E-state index contributed by atoms with van der Waals surface area (Å²) in [5.74, 6) is -1.96. The van der Waals surface area contributed by atoms with E-state index in [1.54, 1.807) is 34.6 Å². The molecule has 2 bridgehead atoms. The fourth-order valence-electron chi connectivity index (χ4n) is 5.80. The van der Waals surface area contributed by atoms with Crippen molar-refractivity contribution in [1.29, 1.82) is 0 Å². The molecule has 3 fully saturated rings. The third kappa shape index (κ3) is 4.38. The van der Waals surface area contributed by atoms with Gasteiger partial charge in [0.05, 0.1) is 35.8 Å². The molecule has 3 unspecified atom stereocenters. The molecule has 186 valence electrons. The van der Waals surface area contributed by atoms with Gasteiger partial charge < -0.3 is 19.6 Å². The molecule has 1 N–H and O–H groups in total. The van der Waals surface area contributed by atoms with Gasteiger partial charge in [0.1, 0.15) is 6.04 Å². The molecule has 3 rings (SSSR count). The van der Waals surface area contributed by atoms with Crippen molar-refractivity contribution in [3.63, 3.8) is 0 Å². The van der Waals surface area contributed by atoms with Gasteiger partial charge in [-0.3, -0.25) is 14.4 Å². The van der Waals surface area contributed by atoms with Crippen molar-refractivity contribution in [2.75, 3.05) is 26.3 Å². The van der Waals surface area contributed by atoms with Crippen LogP contribution in [0.15, 0.2) is 12.7 Å². The molecule has 9 heteroatoms. The van der Waals surface area contributed by atoms with Gasteiger partial charge in [0.15, 0.2) is 0 Å². The quantitative estimate of drug-likeness (QED) is 0.244. The zero-order chi connectivity index (χ0) is 24.5. The number of nitrogens with zero attached hydrogens (tertiary/aromatic N) is 2. The molecule has 0 aromatic carbocycles. The van der Waals surface area contributed by atoms with Gasteiger partial charge in [0.25, 0.3) is 0 Å². The van der Waals surface area contributed by atoms with E-state index in [0.717, 1.165) is 12.8 Å². The molecule has 0 aromatic heterocycles. The average Bonchev–Trinajstić information content (AvgIpc) is 3.35. The Morgan fingerprint density at radius 2 is 2.12 bits per heavy atom. The number of carbonyl (C=O) groups excluding carboxylic acids is 3. The lowest BCUT2D eigenvalue weighted by Gasteiger charge is -2.41. The van der Waals surface area contributed by atoms with Gasteiger partial charge in [-0.15, -0.1) is 18.3 Å². The van der Waals surface area contributed by atoms with E-state index >= 15 is 0 Å². The molecular weight excluding hydrogens is 508 g/mol. The summed E-state index contributed by atoms with van der Waals surface area (Å²) >= 11 is 5.34. The fourth-order valence-corrected chi connectivity index (χ4v) is 9.38. The number of aliphatic hydroxyl groups is 1. The average molecular weight is 546 g/mol. The first-order valence-electron chi connectivity index (χ1n) is 12.0. The second-order valence-electron chi connectivity index (χ2n) is 9.58. The predicted octanol–water partition coefficient (Wildman–Crippen LogP) is 2.85. The number of esters is 1. The van der Waals surface area contributed by atoms with Crippen LogP contribution in [-0.2, 0) is 19.1 Å². The van der Waals surface area contributed by atoms with E-state index in [1.807, 2.05) is 13.8 Å². The van der Waals surface area contributed by atoms with Crippen LogP contribution in [0.4, 0.5) is 0 Å². The maximum atomic E-state index is 14.1. The zero-order valence-electron chi connectivity index (χ0n) is 20.0. The van der Waals surface area contributed by atoms with Gasteiger partial charge >= 0.3 is 5.97 Å². The Hall–Kier alpha value is -1.06. The summed E-state index contributed by atoms with van der Waals surface area (Å²) in [6, 6.07) is -1.24. The topological polar surface area (TPSA) is 87.2 Å². The first kappa shape index (κ1) is 26.5. The molecule has 7 atom stereocenters. The minimum Gasteiger partial charge on any atom is -0.466 e. The van der Waals surface area contributed by atoms with Crippen molar-refractivity contribution in [2.45, 2.75) is 73.9 Å². The molecule has 1 spiro atoms. The standard InChI is InChI=1S/C24H37BrN2O5S/c1-6-9-11-26(10-7-2)22(30)20-24-12-15(25)19(33-24)17(23(31)32-8-3)18(24)21(29)27(20)16(13-28)14(4)5/h7,14-20,28H,2,6,8-13H2,1,3-5H3/t15?,16-,17-,18-,19-,20?,24?/m0/s1. The van der Waals surface area contributed by atoms with E-state index in [9.17, 15) is 19.5 Å². The van der Waals surface area contributed by atoms with Crippen molar-refractivity contribution in [3.8, 4) is 0 Å². The molecule has 3 aliphatic heterocycles. The molecule has 2 amide bonds. The number of aliphatic hydroxyl groups excluding tert-OH is 1. The normalized spacial score (nSPS) is 33.4. The smallest absolute Gasteiger partial charge is 0.310 e. The number of alkyl halides is 1. The number of likely N-dealkylation sites (tertiary alicyclic amines) is 1. The summed E-state index contributed by atoms with van der Waals surface area (Å²) in [6.07, 6.45) is 4.13. The van der Waals surface area contributed by atoms with Crippen molar-refractivity contribution in [1.82, 2.24) is 9.80 Å². The van der Waals surface area contributed by atoms with Gasteiger partial charge in [0.2, 0.25) is 11.8 Å². The van der Waals surface area contributed by atoms with Gasteiger partial charge in [-0.2, -0.15) is 0 Å². The number of fused-ring (bicyclic) bond motifs is 1. The summed E-state index contributed by atoms with van der Waals surface area (Å²) in [5.41, 5.74) is 0. The van der Waals surface area contributed by atoms with Crippen molar-refractivity contribution in [3.05, 3.63) is 12.7 Å². The van der Waals surface area contributed by atoms with Crippen LogP contribution in [0.2, 0.25) is 0 Å². The van der Waals surface area contributed by atoms with E-state index in [4.69, 9.17) is 4.74 Å². The number of thioether (sulfide) groups is 1. The summed E-state index contributed by atoms with van der Waals surface area (Å²) in [5, 5.41) is 10.1. The lowest BCUT2D eigenvalue weighted by atomic mass is 9.71. The lowest BCUT2D eigenvalue weighted by molar-refractivity contribution is -0.154. The number of hydrogen-bond donors (Lipinski definition) is 1. The summed E-state index contributed by atoms with van der Waals surface area (Å²) in [6.45, 7) is 12.5. The van der Waals surface area contributed by atoms with Crippen LogP contribution in [0.25, 0.3) is 0 Å². The third-order valence-corrected chi connectivity index (χ3v) is 10.5. The van der Waals surface area contributed by atoms with Crippen molar-refractivity contribution < 1.29 is 24.2 Å². The van der Waals surface area contributed by atoms with E-state index in [1.165, 1.54) is 0 Å². The SMILES string of the molecule is C=CCN(CCCC)C(=O)C1N([C@@H](CO)C(C)C)C(=O)[C@@H]2[C@H](C(=O)OCC)[C@H]3SC12CC3Br. The van der Waals surface area contributed by atoms with Gasteiger partial charge in [0, 0.05) is 23.2 Å². The number of unbranched alkanes of at least 4 members (excludes halogenated alkanes) is 1. The molecule has 3 heterocycles. The molecule has 0 aromatic rings. The van der Waals surface area contributed by atoms with Gasteiger partial charge in [-0.25, -0.2) is 0 Å². The van der Waals surface area contributed by atoms with E-state index < -0.39 is 28.7 Å². The molecular formula is C24H37BrN2O5S. The van der Waals surface area contributed by atoms with Crippen LogP contribution in [0.1, 0.15) is 47.0 Å². The third-order valence-electron chi connectivity index (χ3n) is 7.28. The number of carbonyl (C=O) groups is 3. The van der Waals surface area contributed by atoms with Crippen LogP contribution in [-0.4, -0.2) is 85.9 Å². The molecule has 0 radical (unpaired) electrons. The van der Waals surface area contributed by atoms with Crippen molar-refractivity contribution in [2.24, 2.45) is 17.8 Å². The van der Waals surface area contributed by atoms with Crippen LogP contribution in [0.5, 0.6) is 0 Å². The van der Waals surface area contributed by atoms with Gasteiger partial charge in [-0.05, 0) is 25.7 Å². The predicted molar refractivity (Wildman–Crippen MR) is 133 cm³/mol. The Balaban J connectivity index is 2.11. The summed E-state index contributed by atoms with van der Waals surface area (Å²) in [7, 11) is 0. The minimum absolute atomic E-state index is 0.00586. The first-order valence-corrected chi connectivity index (χ1v) is 13.8. The Bertz CT molecular complexity index is 780. The highest BCUT2D eigenvalue weighted by atomic mass is 79.9. The molecule has 0 saturated carbocycles.